The molecular formula is C15H22O3. The Hall–Kier alpha value is -1.25. The lowest BCUT2D eigenvalue weighted by molar-refractivity contribution is -0.151. The zero-order valence-corrected chi connectivity index (χ0v) is 12.0. The van der Waals surface area contributed by atoms with Crippen LogP contribution in [0.3, 0.4) is 0 Å². The van der Waals surface area contributed by atoms with Crippen LogP contribution in [0.4, 0.5) is 0 Å². The van der Waals surface area contributed by atoms with Gasteiger partial charge in [-0.25, -0.2) is 0 Å². The Labute approximate surface area is 109 Å². The summed E-state index contributed by atoms with van der Waals surface area (Å²) in [5.74, 6) is 0.980. The molecular weight excluding hydrogens is 228 g/mol. The first-order valence-electron chi connectivity index (χ1n) is 6.46. The molecule has 0 aromatic heterocycles. The third-order valence-corrected chi connectivity index (χ3v) is 4.28. The molecule has 0 spiro atoms. The highest BCUT2D eigenvalue weighted by Gasteiger charge is 2.54. The third kappa shape index (κ3) is 1.76. The first-order chi connectivity index (χ1) is 8.29. The second kappa shape index (κ2) is 4.15. The average molecular weight is 250 g/mol. The van der Waals surface area contributed by atoms with Gasteiger partial charge in [0.2, 0.25) is 0 Å². The van der Waals surface area contributed by atoms with Crippen LogP contribution < -0.4 is 0 Å². The van der Waals surface area contributed by atoms with E-state index in [4.69, 9.17) is 9.47 Å². The van der Waals surface area contributed by atoms with Gasteiger partial charge in [-0.3, -0.25) is 4.79 Å². The molecule has 0 aromatic carbocycles. The fourth-order valence-electron chi connectivity index (χ4n) is 3.24. The highest BCUT2D eigenvalue weighted by Crippen LogP contribution is 2.51. The highest BCUT2D eigenvalue weighted by atomic mass is 16.5. The molecule has 0 radical (unpaired) electrons. The van der Waals surface area contributed by atoms with Crippen molar-refractivity contribution in [2.45, 2.75) is 40.2 Å². The average Bonchev–Trinajstić information content (AvgIpc) is 2.57. The maximum absolute atomic E-state index is 12.1. The van der Waals surface area contributed by atoms with Crippen LogP contribution in [-0.4, -0.2) is 18.7 Å². The molecule has 1 aliphatic carbocycles. The van der Waals surface area contributed by atoms with E-state index in [0.29, 0.717) is 5.92 Å². The van der Waals surface area contributed by atoms with E-state index in [1.54, 1.807) is 0 Å². The van der Waals surface area contributed by atoms with E-state index in [2.05, 4.69) is 26.8 Å². The number of carbonyl (C=O) groups is 1. The van der Waals surface area contributed by atoms with Crippen LogP contribution in [0.2, 0.25) is 0 Å². The second-order valence-corrected chi connectivity index (χ2v) is 5.93. The first-order valence-corrected chi connectivity index (χ1v) is 6.46. The van der Waals surface area contributed by atoms with E-state index in [0.717, 1.165) is 11.3 Å². The molecule has 1 heterocycles. The lowest BCUT2D eigenvalue weighted by Crippen LogP contribution is -2.38. The lowest BCUT2D eigenvalue weighted by atomic mass is 9.72. The van der Waals surface area contributed by atoms with Gasteiger partial charge >= 0.3 is 5.97 Å². The predicted molar refractivity (Wildman–Crippen MR) is 69.8 cm³/mol. The van der Waals surface area contributed by atoms with E-state index < -0.39 is 5.60 Å². The Morgan fingerprint density at radius 2 is 2.00 bits per heavy atom. The molecule has 18 heavy (non-hydrogen) atoms. The molecule has 0 amide bonds. The fourth-order valence-corrected chi connectivity index (χ4v) is 3.24. The van der Waals surface area contributed by atoms with Crippen LogP contribution in [0.25, 0.3) is 0 Å². The molecule has 0 aromatic rings. The van der Waals surface area contributed by atoms with Crippen molar-refractivity contribution in [1.29, 1.82) is 0 Å². The van der Waals surface area contributed by atoms with Crippen molar-refractivity contribution in [2.75, 3.05) is 7.11 Å². The number of allylic oxidation sites excluding steroid dienone is 4. The zero-order valence-electron chi connectivity index (χ0n) is 12.0. The number of ether oxygens (including phenoxy) is 2. The molecule has 0 N–H and O–H groups in total. The molecule has 1 saturated heterocycles. The molecule has 2 aliphatic rings. The van der Waals surface area contributed by atoms with Crippen molar-refractivity contribution in [3.63, 3.8) is 0 Å². The van der Waals surface area contributed by atoms with Gasteiger partial charge in [0, 0.05) is 5.92 Å². The summed E-state index contributed by atoms with van der Waals surface area (Å²) >= 11 is 0. The monoisotopic (exact) mass is 250 g/mol. The van der Waals surface area contributed by atoms with E-state index >= 15 is 0 Å². The van der Waals surface area contributed by atoms with E-state index in [9.17, 15) is 4.79 Å². The number of carbonyl (C=O) groups excluding carboxylic acids is 1. The molecule has 2 rings (SSSR count). The lowest BCUT2D eigenvalue weighted by Gasteiger charge is -2.28. The van der Waals surface area contributed by atoms with Gasteiger partial charge in [-0.1, -0.05) is 13.0 Å². The minimum Gasteiger partial charge on any atom is -0.491 e. The van der Waals surface area contributed by atoms with Crippen LogP contribution >= 0.6 is 0 Å². The smallest absolute Gasteiger partial charge is 0.313 e. The van der Waals surface area contributed by atoms with E-state index in [-0.39, 0.29) is 17.8 Å². The van der Waals surface area contributed by atoms with Gasteiger partial charge in [-0.15, -0.1) is 0 Å². The van der Waals surface area contributed by atoms with Crippen molar-refractivity contribution in [2.24, 2.45) is 17.8 Å². The summed E-state index contributed by atoms with van der Waals surface area (Å²) in [5.41, 5.74) is 1.91. The number of esters is 1. The Kier molecular flexibility index (Phi) is 3.04. The second-order valence-electron chi connectivity index (χ2n) is 5.93. The summed E-state index contributed by atoms with van der Waals surface area (Å²) in [6.07, 6.45) is 2.23. The summed E-state index contributed by atoms with van der Waals surface area (Å²) in [4.78, 5) is 12.1. The van der Waals surface area contributed by atoms with Gasteiger partial charge in [0.25, 0.3) is 0 Å². The number of methoxy groups -OCH3 is 1. The molecule has 3 atom stereocenters. The summed E-state index contributed by atoms with van der Waals surface area (Å²) in [5, 5.41) is 0. The minimum atomic E-state index is -0.499. The summed E-state index contributed by atoms with van der Waals surface area (Å²) in [6, 6.07) is 0. The molecule has 0 bridgehead atoms. The van der Waals surface area contributed by atoms with Crippen LogP contribution in [0.1, 0.15) is 34.6 Å². The van der Waals surface area contributed by atoms with Gasteiger partial charge in [0.15, 0.2) is 0 Å². The molecule has 3 nitrogen and oxygen atoms in total. The minimum absolute atomic E-state index is 0.108. The summed E-state index contributed by atoms with van der Waals surface area (Å²) < 4.78 is 11.0. The number of fused-ring (bicyclic) bond motifs is 1. The Morgan fingerprint density at radius 1 is 1.39 bits per heavy atom. The maximum Gasteiger partial charge on any atom is 0.313 e. The molecule has 3 heteroatoms. The maximum atomic E-state index is 12.1. The van der Waals surface area contributed by atoms with Crippen molar-refractivity contribution < 1.29 is 14.3 Å². The van der Waals surface area contributed by atoms with Crippen LogP contribution in [-0.2, 0) is 14.3 Å². The quantitative estimate of drug-likeness (QED) is 0.671. The van der Waals surface area contributed by atoms with E-state index in [1.807, 2.05) is 13.8 Å². The van der Waals surface area contributed by atoms with Crippen molar-refractivity contribution in [1.82, 2.24) is 0 Å². The zero-order chi connectivity index (χ0) is 13.7. The number of hydrogen-bond acceptors (Lipinski definition) is 3. The Bertz CT molecular complexity index is 443. The SMILES string of the molecule is COC(=O)C1C2C(=C(C)C(C)=CC2C)OC1(C)C. The fraction of sp³-hybridized carbons (Fsp3) is 0.667. The normalized spacial score (nSPS) is 33.7. The third-order valence-electron chi connectivity index (χ3n) is 4.28. The topological polar surface area (TPSA) is 35.5 Å². The Morgan fingerprint density at radius 3 is 2.56 bits per heavy atom. The van der Waals surface area contributed by atoms with Crippen molar-refractivity contribution in [3.05, 3.63) is 23.0 Å². The van der Waals surface area contributed by atoms with Crippen LogP contribution in [0.15, 0.2) is 23.0 Å². The van der Waals surface area contributed by atoms with Gasteiger partial charge in [-0.05, 0) is 44.8 Å². The molecule has 3 unspecified atom stereocenters. The standard InChI is InChI=1S/C15H22O3/c1-8-7-9(2)11-12(14(16)17-6)15(4,5)18-13(11)10(8)3/h7,9,11-12H,1-6H3. The predicted octanol–water partition coefficient (Wildman–Crippen LogP) is 3.07. The van der Waals surface area contributed by atoms with Gasteiger partial charge in [-0.2, -0.15) is 0 Å². The van der Waals surface area contributed by atoms with Crippen LogP contribution in [0, 0.1) is 17.8 Å². The summed E-state index contributed by atoms with van der Waals surface area (Å²) in [6.45, 7) is 10.2. The molecule has 0 saturated carbocycles. The first kappa shape index (κ1) is 13.2. The van der Waals surface area contributed by atoms with Gasteiger partial charge < -0.3 is 9.47 Å². The van der Waals surface area contributed by atoms with Gasteiger partial charge in [0.05, 0.1) is 7.11 Å². The summed E-state index contributed by atoms with van der Waals surface area (Å²) in [7, 11) is 1.45. The number of hydrogen-bond donors (Lipinski definition) is 0. The van der Waals surface area contributed by atoms with Crippen molar-refractivity contribution >= 4 is 5.97 Å². The van der Waals surface area contributed by atoms with Crippen LogP contribution in [0.5, 0.6) is 0 Å². The largest absolute Gasteiger partial charge is 0.491 e. The molecule has 100 valence electrons. The molecule has 1 fully saturated rings. The number of rotatable bonds is 1. The van der Waals surface area contributed by atoms with Crippen molar-refractivity contribution in [3.8, 4) is 0 Å². The van der Waals surface area contributed by atoms with Gasteiger partial charge in [0.1, 0.15) is 17.3 Å². The Balaban J connectivity index is 2.49. The van der Waals surface area contributed by atoms with E-state index in [1.165, 1.54) is 12.7 Å². The molecule has 1 aliphatic heterocycles. The highest BCUT2D eigenvalue weighted by molar-refractivity contribution is 5.75.